The molecule has 0 bridgehead atoms. The van der Waals surface area contributed by atoms with Gasteiger partial charge in [-0.15, -0.1) is 0 Å². The molecule has 0 aliphatic rings. The molecule has 0 unspecified atom stereocenters. The van der Waals surface area contributed by atoms with Crippen LogP contribution in [0.4, 0.5) is 5.69 Å². The van der Waals surface area contributed by atoms with Gasteiger partial charge in [0, 0.05) is 31.4 Å². The molecule has 1 rings (SSSR count). The van der Waals surface area contributed by atoms with Crippen LogP contribution in [0, 0.1) is 0 Å². The summed E-state index contributed by atoms with van der Waals surface area (Å²) < 4.78 is 0. The van der Waals surface area contributed by atoms with E-state index in [-0.39, 0.29) is 0 Å². The minimum Gasteiger partial charge on any atom is -0.372 e. The van der Waals surface area contributed by atoms with Crippen molar-refractivity contribution in [3.05, 3.63) is 29.8 Å². The summed E-state index contributed by atoms with van der Waals surface area (Å²) in [7, 11) is 0. The first-order valence-corrected chi connectivity index (χ1v) is 6.78. The van der Waals surface area contributed by atoms with Gasteiger partial charge in [-0.3, -0.25) is 0 Å². The summed E-state index contributed by atoms with van der Waals surface area (Å²) in [6, 6.07) is 9.49. The summed E-state index contributed by atoms with van der Waals surface area (Å²) in [6.07, 6.45) is 1.18. The van der Waals surface area contributed by atoms with E-state index in [1.807, 2.05) is 0 Å². The third-order valence-electron chi connectivity index (χ3n) is 3.33. The molecule has 1 aromatic rings. The van der Waals surface area contributed by atoms with Crippen molar-refractivity contribution in [2.75, 3.05) is 18.0 Å². The largest absolute Gasteiger partial charge is 0.372 e. The summed E-state index contributed by atoms with van der Waals surface area (Å²) in [4.78, 5) is 2.37. The quantitative estimate of drug-likeness (QED) is 0.777. The third kappa shape index (κ3) is 4.39. The lowest BCUT2D eigenvalue weighted by molar-refractivity contribution is 0.534. The number of nitrogens with zero attached hydrogens (tertiary/aromatic N) is 1. The zero-order valence-electron chi connectivity index (χ0n) is 11.7. The van der Waals surface area contributed by atoms with Crippen molar-refractivity contribution in [3.63, 3.8) is 0 Å². The standard InChI is InChI=1S/C15H26N2/c1-5-13(4)16-12-14-8-10-15(11-9-14)17(6-2)7-3/h8-11,13,16H,5-7,12H2,1-4H3/t13-/m0/s1. The predicted molar refractivity (Wildman–Crippen MR) is 76.6 cm³/mol. The first-order chi connectivity index (χ1) is 8.21. The second kappa shape index (κ2) is 7.33. The summed E-state index contributed by atoms with van der Waals surface area (Å²) >= 11 is 0. The van der Waals surface area contributed by atoms with Crippen LogP contribution in [0.5, 0.6) is 0 Å². The Morgan fingerprint density at radius 2 is 1.65 bits per heavy atom. The number of anilines is 1. The van der Waals surface area contributed by atoms with Crippen molar-refractivity contribution in [2.24, 2.45) is 0 Å². The molecule has 0 heterocycles. The maximum Gasteiger partial charge on any atom is 0.0366 e. The summed E-state index contributed by atoms with van der Waals surface area (Å²) in [5.41, 5.74) is 2.68. The van der Waals surface area contributed by atoms with E-state index in [1.54, 1.807) is 0 Å². The highest BCUT2D eigenvalue weighted by atomic mass is 15.1. The highest BCUT2D eigenvalue weighted by Crippen LogP contribution is 2.14. The lowest BCUT2D eigenvalue weighted by atomic mass is 10.1. The molecule has 1 atom stereocenters. The second-order valence-corrected chi connectivity index (χ2v) is 4.53. The SMILES string of the molecule is CC[C@H](C)NCc1ccc(N(CC)CC)cc1. The van der Waals surface area contributed by atoms with Crippen LogP contribution >= 0.6 is 0 Å². The van der Waals surface area contributed by atoms with Gasteiger partial charge < -0.3 is 10.2 Å². The fourth-order valence-electron chi connectivity index (χ4n) is 1.85. The molecule has 0 aliphatic heterocycles. The van der Waals surface area contributed by atoms with Crippen molar-refractivity contribution in [3.8, 4) is 0 Å². The number of benzene rings is 1. The first kappa shape index (κ1) is 14.0. The van der Waals surface area contributed by atoms with Crippen LogP contribution in [-0.2, 0) is 6.54 Å². The molecule has 0 spiro atoms. The Bertz CT molecular complexity index is 301. The zero-order chi connectivity index (χ0) is 12.7. The van der Waals surface area contributed by atoms with Crippen LogP contribution < -0.4 is 10.2 Å². The summed E-state index contributed by atoms with van der Waals surface area (Å²) in [6.45, 7) is 11.9. The second-order valence-electron chi connectivity index (χ2n) is 4.53. The smallest absolute Gasteiger partial charge is 0.0366 e. The van der Waals surface area contributed by atoms with E-state index < -0.39 is 0 Å². The average molecular weight is 234 g/mol. The normalized spacial score (nSPS) is 12.5. The predicted octanol–water partition coefficient (Wildman–Crippen LogP) is 3.42. The van der Waals surface area contributed by atoms with Crippen LogP contribution in [-0.4, -0.2) is 19.1 Å². The highest BCUT2D eigenvalue weighted by molar-refractivity contribution is 5.47. The summed E-state index contributed by atoms with van der Waals surface area (Å²) in [5.74, 6) is 0. The van der Waals surface area contributed by atoms with Gasteiger partial charge in [0.2, 0.25) is 0 Å². The van der Waals surface area contributed by atoms with Crippen LogP contribution in [0.1, 0.15) is 39.7 Å². The molecule has 0 amide bonds. The monoisotopic (exact) mass is 234 g/mol. The number of hydrogen-bond donors (Lipinski definition) is 1. The van der Waals surface area contributed by atoms with Crippen molar-refractivity contribution >= 4 is 5.69 Å². The van der Waals surface area contributed by atoms with Crippen LogP contribution in [0.2, 0.25) is 0 Å². The van der Waals surface area contributed by atoms with E-state index in [0.717, 1.165) is 19.6 Å². The molecular weight excluding hydrogens is 208 g/mol. The highest BCUT2D eigenvalue weighted by Gasteiger charge is 2.02. The molecule has 0 aliphatic carbocycles. The van der Waals surface area contributed by atoms with Crippen LogP contribution in [0.15, 0.2) is 24.3 Å². The Labute approximate surface area is 106 Å². The molecule has 0 saturated carbocycles. The van der Waals surface area contributed by atoms with Gasteiger partial charge in [0.15, 0.2) is 0 Å². The van der Waals surface area contributed by atoms with Gasteiger partial charge >= 0.3 is 0 Å². The molecule has 17 heavy (non-hydrogen) atoms. The molecule has 0 fully saturated rings. The minimum absolute atomic E-state index is 0.595. The zero-order valence-corrected chi connectivity index (χ0v) is 11.7. The molecule has 0 radical (unpaired) electrons. The van der Waals surface area contributed by atoms with E-state index in [0.29, 0.717) is 6.04 Å². The molecule has 2 heteroatoms. The first-order valence-electron chi connectivity index (χ1n) is 6.78. The maximum atomic E-state index is 3.51. The fourth-order valence-corrected chi connectivity index (χ4v) is 1.85. The van der Waals surface area contributed by atoms with Gasteiger partial charge in [0.25, 0.3) is 0 Å². The molecule has 1 N–H and O–H groups in total. The summed E-state index contributed by atoms with van der Waals surface area (Å²) in [5, 5.41) is 3.51. The third-order valence-corrected chi connectivity index (χ3v) is 3.33. The Hall–Kier alpha value is -1.02. The number of hydrogen-bond acceptors (Lipinski definition) is 2. The Morgan fingerprint density at radius 1 is 1.06 bits per heavy atom. The van der Waals surface area contributed by atoms with E-state index in [2.05, 4.69) is 62.2 Å². The molecule has 0 saturated heterocycles. The van der Waals surface area contributed by atoms with Gasteiger partial charge in [-0.1, -0.05) is 19.1 Å². The number of nitrogens with one attached hydrogen (secondary N) is 1. The fraction of sp³-hybridized carbons (Fsp3) is 0.600. The average Bonchev–Trinajstić information content (AvgIpc) is 2.38. The van der Waals surface area contributed by atoms with E-state index in [4.69, 9.17) is 0 Å². The van der Waals surface area contributed by atoms with Gasteiger partial charge in [0.05, 0.1) is 0 Å². The molecule has 2 nitrogen and oxygen atoms in total. The van der Waals surface area contributed by atoms with Crippen molar-refractivity contribution in [1.82, 2.24) is 5.32 Å². The Kier molecular flexibility index (Phi) is 6.06. The molecule has 0 aromatic heterocycles. The van der Waals surface area contributed by atoms with Crippen molar-refractivity contribution in [2.45, 2.75) is 46.7 Å². The van der Waals surface area contributed by atoms with E-state index in [9.17, 15) is 0 Å². The van der Waals surface area contributed by atoms with Crippen LogP contribution in [0.25, 0.3) is 0 Å². The Balaban J connectivity index is 2.55. The molecular formula is C15H26N2. The molecule has 1 aromatic carbocycles. The van der Waals surface area contributed by atoms with Gasteiger partial charge in [0.1, 0.15) is 0 Å². The Morgan fingerprint density at radius 3 is 2.12 bits per heavy atom. The lowest BCUT2D eigenvalue weighted by Gasteiger charge is -2.21. The molecule has 96 valence electrons. The number of rotatable bonds is 7. The van der Waals surface area contributed by atoms with Crippen molar-refractivity contribution < 1.29 is 0 Å². The topological polar surface area (TPSA) is 15.3 Å². The van der Waals surface area contributed by atoms with E-state index >= 15 is 0 Å². The van der Waals surface area contributed by atoms with Gasteiger partial charge in [-0.05, 0) is 44.9 Å². The minimum atomic E-state index is 0.595. The lowest BCUT2D eigenvalue weighted by Crippen LogP contribution is -2.24. The van der Waals surface area contributed by atoms with Gasteiger partial charge in [-0.25, -0.2) is 0 Å². The van der Waals surface area contributed by atoms with E-state index in [1.165, 1.54) is 17.7 Å². The van der Waals surface area contributed by atoms with Crippen molar-refractivity contribution in [1.29, 1.82) is 0 Å². The van der Waals surface area contributed by atoms with Crippen LogP contribution in [0.3, 0.4) is 0 Å². The van der Waals surface area contributed by atoms with Gasteiger partial charge in [-0.2, -0.15) is 0 Å². The maximum absolute atomic E-state index is 3.51.